The number of fused-ring (bicyclic) bond motifs is 1. The average molecular weight is 421 g/mol. The van der Waals surface area contributed by atoms with E-state index in [1.54, 1.807) is 12.1 Å². The van der Waals surface area contributed by atoms with Gasteiger partial charge in [-0.15, -0.1) is 0 Å². The lowest BCUT2D eigenvalue weighted by Crippen LogP contribution is -2.39. The summed E-state index contributed by atoms with van der Waals surface area (Å²) in [5, 5.41) is 1.21. The van der Waals surface area contributed by atoms with Crippen LogP contribution in [0.4, 0.5) is 5.95 Å². The van der Waals surface area contributed by atoms with E-state index >= 15 is 0 Å². The van der Waals surface area contributed by atoms with Crippen LogP contribution in [0.3, 0.4) is 0 Å². The van der Waals surface area contributed by atoms with Gasteiger partial charge in [0.2, 0.25) is 11.9 Å². The van der Waals surface area contributed by atoms with Crippen LogP contribution < -0.4 is 4.90 Å². The second kappa shape index (κ2) is 8.64. The Kier molecular flexibility index (Phi) is 5.99. The Morgan fingerprint density at radius 2 is 1.89 bits per heavy atom. The van der Waals surface area contributed by atoms with E-state index in [1.807, 2.05) is 17.2 Å². The SMILES string of the molecule is O=C(CCc1c(Cl)cccc1Cl)N1CCc2cnc(N3CCOCC3)nc2C1. The minimum absolute atomic E-state index is 0.0909. The normalized spacial score (nSPS) is 16.8. The van der Waals surface area contributed by atoms with E-state index in [2.05, 4.69) is 9.88 Å². The summed E-state index contributed by atoms with van der Waals surface area (Å²) in [5.74, 6) is 0.812. The quantitative estimate of drug-likeness (QED) is 0.760. The first-order valence-electron chi connectivity index (χ1n) is 9.50. The fourth-order valence-corrected chi connectivity index (χ4v) is 4.17. The highest BCUT2D eigenvalue weighted by atomic mass is 35.5. The van der Waals surface area contributed by atoms with Crippen LogP contribution in [-0.4, -0.2) is 53.6 Å². The molecule has 0 bridgehead atoms. The lowest BCUT2D eigenvalue weighted by molar-refractivity contribution is -0.132. The number of morpholine rings is 1. The summed E-state index contributed by atoms with van der Waals surface area (Å²) < 4.78 is 5.39. The Bertz CT molecular complexity index is 851. The molecule has 3 heterocycles. The zero-order valence-electron chi connectivity index (χ0n) is 15.5. The van der Waals surface area contributed by atoms with Crippen molar-refractivity contribution in [1.29, 1.82) is 0 Å². The van der Waals surface area contributed by atoms with Crippen molar-refractivity contribution in [2.45, 2.75) is 25.8 Å². The summed E-state index contributed by atoms with van der Waals surface area (Å²) in [5.41, 5.74) is 2.88. The first kappa shape index (κ1) is 19.4. The minimum Gasteiger partial charge on any atom is -0.378 e. The number of benzene rings is 1. The maximum Gasteiger partial charge on any atom is 0.225 e. The van der Waals surface area contributed by atoms with Crippen molar-refractivity contribution in [2.75, 3.05) is 37.7 Å². The van der Waals surface area contributed by atoms with Crippen molar-refractivity contribution < 1.29 is 9.53 Å². The molecule has 0 N–H and O–H groups in total. The molecule has 1 amide bonds. The van der Waals surface area contributed by atoms with Crippen molar-refractivity contribution in [1.82, 2.24) is 14.9 Å². The molecule has 1 aromatic carbocycles. The van der Waals surface area contributed by atoms with Crippen LogP contribution in [0.1, 0.15) is 23.2 Å². The number of aromatic nitrogens is 2. The Morgan fingerprint density at radius 1 is 1.14 bits per heavy atom. The van der Waals surface area contributed by atoms with Crippen molar-refractivity contribution in [3.05, 3.63) is 51.3 Å². The molecule has 0 atom stereocenters. The van der Waals surface area contributed by atoms with Crippen LogP contribution in [0.2, 0.25) is 10.0 Å². The molecule has 2 aliphatic rings. The number of anilines is 1. The van der Waals surface area contributed by atoms with E-state index in [-0.39, 0.29) is 5.91 Å². The standard InChI is InChI=1S/C20H22Cl2N4O2/c21-16-2-1-3-17(22)15(16)4-5-19(27)26-7-6-14-12-23-20(24-18(14)13-26)25-8-10-28-11-9-25/h1-3,12H,4-11,13H2. The first-order chi connectivity index (χ1) is 13.6. The summed E-state index contributed by atoms with van der Waals surface area (Å²) in [4.78, 5) is 26.0. The highest BCUT2D eigenvalue weighted by molar-refractivity contribution is 6.36. The van der Waals surface area contributed by atoms with Gasteiger partial charge in [0.1, 0.15) is 0 Å². The number of carbonyl (C=O) groups excluding carboxylic acids is 1. The van der Waals surface area contributed by atoms with Crippen LogP contribution in [0.15, 0.2) is 24.4 Å². The molecule has 2 aliphatic heterocycles. The van der Waals surface area contributed by atoms with Crippen LogP contribution in [0, 0.1) is 0 Å². The number of carbonyl (C=O) groups is 1. The number of hydrogen-bond acceptors (Lipinski definition) is 5. The lowest BCUT2D eigenvalue weighted by atomic mass is 10.0. The van der Waals surface area contributed by atoms with E-state index in [9.17, 15) is 4.79 Å². The van der Waals surface area contributed by atoms with E-state index in [4.69, 9.17) is 32.9 Å². The Labute approximate surface area is 174 Å². The molecule has 0 saturated carbocycles. The number of amides is 1. The predicted octanol–water partition coefficient (Wildman–Crippen LogP) is 3.14. The Hall–Kier alpha value is -1.89. The average Bonchev–Trinajstić information content (AvgIpc) is 2.73. The fraction of sp³-hybridized carbons (Fsp3) is 0.450. The van der Waals surface area contributed by atoms with Crippen molar-refractivity contribution >= 4 is 35.1 Å². The van der Waals surface area contributed by atoms with Gasteiger partial charge in [-0.05, 0) is 36.1 Å². The van der Waals surface area contributed by atoms with E-state index < -0.39 is 0 Å². The second-order valence-corrected chi connectivity index (χ2v) is 7.82. The van der Waals surface area contributed by atoms with Crippen molar-refractivity contribution in [3.8, 4) is 0 Å². The van der Waals surface area contributed by atoms with Gasteiger partial charge in [-0.25, -0.2) is 9.97 Å². The fourth-order valence-electron chi connectivity index (χ4n) is 3.58. The summed E-state index contributed by atoms with van der Waals surface area (Å²) >= 11 is 12.4. The van der Waals surface area contributed by atoms with E-state index in [1.165, 1.54) is 0 Å². The maximum absolute atomic E-state index is 12.8. The van der Waals surface area contributed by atoms with Crippen LogP contribution in [-0.2, 0) is 28.9 Å². The minimum atomic E-state index is 0.0909. The Balaban J connectivity index is 1.42. The van der Waals surface area contributed by atoms with Gasteiger partial charge >= 0.3 is 0 Å². The molecule has 1 aromatic heterocycles. The molecule has 6 nitrogen and oxygen atoms in total. The molecule has 8 heteroatoms. The first-order valence-corrected chi connectivity index (χ1v) is 10.3. The molecule has 28 heavy (non-hydrogen) atoms. The molecule has 1 fully saturated rings. The number of ether oxygens (including phenoxy) is 1. The second-order valence-electron chi connectivity index (χ2n) is 7.01. The summed E-state index contributed by atoms with van der Waals surface area (Å²) in [7, 11) is 0. The summed E-state index contributed by atoms with van der Waals surface area (Å²) in [6.07, 6.45) is 3.58. The summed E-state index contributed by atoms with van der Waals surface area (Å²) in [6.45, 7) is 4.16. The van der Waals surface area contributed by atoms with Gasteiger partial charge in [0.25, 0.3) is 0 Å². The monoisotopic (exact) mass is 420 g/mol. The zero-order chi connectivity index (χ0) is 19.5. The van der Waals surface area contributed by atoms with Crippen LogP contribution >= 0.6 is 23.2 Å². The Morgan fingerprint density at radius 3 is 2.64 bits per heavy atom. The maximum atomic E-state index is 12.8. The van der Waals surface area contributed by atoms with Gasteiger partial charge in [0, 0.05) is 42.3 Å². The molecule has 1 saturated heterocycles. The molecule has 0 radical (unpaired) electrons. The zero-order valence-corrected chi connectivity index (χ0v) is 17.0. The van der Waals surface area contributed by atoms with Gasteiger partial charge < -0.3 is 14.5 Å². The third kappa shape index (κ3) is 4.24. The third-order valence-electron chi connectivity index (χ3n) is 5.23. The van der Waals surface area contributed by atoms with Gasteiger partial charge in [-0.1, -0.05) is 29.3 Å². The highest BCUT2D eigenvalue weighted by Crippen LogP contribution is 2.26. The van der Waals surface area contributed by atoms with Gasteiger partial charge in [-0.2, -0.15) is 0 Å². The van der Waals surface area contributed by atoms with Crippen LogP contribution in [0.25, 0.3) is 0 Å². The number of nitrogens with zero attached hydrogens (tertiary/aromatic N) is 4. The molecule has 2 aromatic rings. The molecular formula is C20H22Cl2N4O2. The molecule has 0 unspecified atom stereocenters. The van der Waals surface area contributed by atoms with E-state index in [0.717, 1.165) is 42.3 Å². The predicted molar refractivity (Wildman–Crippen MR) is 109 cm³/mol. The molecule has 0 spiro atoms. The van der Waals surface area contributed by atoms with Crippen LogP contribution in [0.5, 0.6) is 0 Å². The van der Waals surface area contributed by atoms with Gasteiger partial charge in [-0.3, -0.25) is 4.79 Å². The third-order valence-corrected chi connectivity index (χ3v) is 5.94. The number of rotatable bonds is 4. The van der Waals surface area contributed by atoms with E-state index in [0.29, 0.717) is 49.2 Å². The summed E-state index contributed by atoms with van der Waals surface area (Å²) in [6, 6.07) is 5.41. The number of hydrogen-bond donors (Lipinski definition) is 0. The number of halogens is 2. The molecular weight excluding hydrogens is 399 g/mol. The topological polar surface area (TPSA) is 58.6 Å². The van der Waals surface area contributed by atoms with Gasteiger partial charge in [0.15, 0.2) is 0 Å². The molecule has 148 valence electrons. The largest absolute Gasteiger partial charge is 0.378 e. The molecule has 4 rings (SSSR count). The van der Waals surface area contributed by atoms with Crippen molar-refractivity contribution in [3.63, 3.8) is 0 Å². The lowest BCUT2D eigenvalue weighted by Gasteiger charge is -2.31. The molecule has 0 aliphatic carbocycles. The van der Waals surface area contributed by atoms with Crippen molar-refractivity contribution in [2.24, 2.45) is 0 Å². The smallest absolute Gasteiger partial charge is 0.225 e. The highest BCUT2D eigenvalue weighted by Gasteiger charge is 2.24. The van der Waals surface area contributed by atoms with Gasteiger partial charge in [0.05, 0.1) is 25.5 Å².